The number of aryl methyl sites for hydroxylation is 1. The second kappa shape index (κ2) is 4.52. The molecule has 0 saturated carbocycles. The quantitative estimate of drug-likeness (QED) is 0.549. The van der Waals surface area contributed by atoms with Crippen LogP contribution in [-0.4, -0.2) is 0 Å². The van der Waals surface area contributed by atoms with Crippen LogP contribution in [0.2, 0.25) is 0 Å². The monoisotopic (exact) mass is 264 g/mol. The summed E-state index contributed by atoms with van der Waals surface area (Å²) in [5.74, 6) is 0.936. The lowest BCUT2D eigenvalue weighted by atomic mass is 9.86. The van der Waals surface area contributed by atoms with Crippen molar-refractivity contribution in [3.05, 3.63) is 59.7 Å². The summed E-state index contributed by atoms with van der Waals surface area (Å²) in [4.78, 5) is 0. The second-order valence-corrected chi connectivity index (χ2v) is 6.48. The standard InChI is InChI=1S/C19H20O/c1-13-5-7-14(8-6-13)18-12-15-11-16(19(2,3)4)9-10-17(15)20-18/h5-12H,1-4H3. The molecule has 0 bridgehead atoms. The lowest BCUT2D eigenvalue weighted by Crippen LogP contribution is -2.10. The predicted octanol–water partition coefficient (Wildman–Crippen LogP) is 5.71. The molecular weight excluding hydrogens is 244 g/mol. The first-order valence-electron chi connectivity index (χ1n) is 7.04. The van der Waals surface area contributed by atoms with Gasteiger partial charge in [-0.15, -0.1) is 0 Å². The normalized spacial score (nSPS) is 12.0. The van der Waals surface area contributed by atoms with Crippen molar-refractivity contribution in [2.45, 2.75) is 33.1 Å². The highest BCUT2D eigenvalue weighted by Gasteiger charge is 2.15. The van der Waals surface area contributed by atoms with Gasteiger partial charge in [-0.25, -0.2) is 0 Å². The molecule has 102 valence electrons. The summed E-state index contributed by atoms with van der Waals surface area (Å²) in [5.41, 5.74) is 4.84. The Morgan fingerprint density at radius 2 is 1.55 bits per heavy atom. The Balaban J connectivity index is 2.09. The molecule has 3 rings (SSSR count). The average Bonchev–Trinajstić information content (AvgIpc) is 2.81. The lowest BCUT2D eigenvalue weighted by molar-refractivity contribution is 0.590. The molecule has 3 aromatic rings. The largest absolute Gasteiger partial charge is 0.456 e. The first kappa shape index (κ1) is 13.0. The van der Waals surface area contributed by atoms with Crippen LogP contribution in [0.1, 0.15) is 31.9 Å². The van der Waals surface area contributed by atoms with Crippen molar-refractivity contribution in [2.75, 3.05) is 0 Å². The van der Waals surface area contributed by atoms with Gasteiger partial charge in [-0.2, -0.15) is 0 Å². The van der Waals surface area contributed by atoms with Crippen LogP contribution in [0.15, 0.2) is 52.9 Å². The number of rotatable bonds is 1. The summed E-state index contributed by atoms with van der Waals surface area (Å²) in [7, 11) is 0. The Morgan fingerprint density at radius 1 is 0.850 bits per heavy atom. The van der Waals surface area contributed by atoms with E-state index in [1.165, 1.54) is 16.5 Å². The van der Waals surface area contributed by atoms with Crippen LogP contribution >= 0.6 is 0 Å². The SMILES string of the molecule is Cc1ccc(-c2cc3cc(C(C)(C)C)ccc3o2)cc1. The maximum Gasteiger partial charge on any atom is 0.135 e. The minimum atomic E-state index is 0.162. The fourth-order valence-electron chi connectivity index (χ4n) is 2.37. The lowest BCUT2D eigenvalue weighted by Gasteiger charge is -2.18. The van der Waals surface area contributed by atoms with E-state index in [2.05, 4.69) is 76.2 Å². The van der Waals surface area contributed by atoms with Gasteiger partial charge in [0.05, 0.1) is 0 Å². The molecule has 0 radical (unpaired) electrons. The zero-order chi connectivity index (χ0) is 14.3. The molecule has 0 aliphatic heterocycles. The minimum absolute atomic E-state index is 0.162. The van der Waals surface area contributed by atoms with Gasteiger partial charge in [-0.1, -0.05) is 56.7 Å². The molecule has 0 aliphatic carbocycles. The fraction of sp³-hybridized carbons (Fsp3) is 0.263. The molecule has 1 heteroatoms. The smallest absolute Gasteiger partial charge is 0.135 e. The van der Waals surface area contributed by atoms with E-state index in [0.717, 1.165) is 16.9 Å². The van der Waals surface area contributed by atoms with E-state index in [1.54, 1.807) is 0 Å². The molecule has 2 aromatic carbocycles. The van der Waals surface area contributed by atoms with Crippen molar-refractivity contribution in [3.8, 4) is 11.3 Å². The van der Waals surface area contributed by atoms with Crippen LogP contribution < -0.4 is 0 Å². The van der Waals surface area contributed by atoms with Gasteiger partial charge in [0.2, 0.25) is 0 Å². The molecule has 0 unspecified atom stereocenters. The molecule has 0 atom stereocenters. The van der Waals surface area contributed by atoms with Crippen LogP contribution in [-0.2, 0) is 5.41 Å². The topological polar surface area (TPSA) is 13.1 Å². The van der Waals surface area contributed by atoms with Gasteiger partial charge in [0.1, 0.15) is 11.3 Å². The molecular formula is C19H20O. The third-order valence-corrected chi connectivity index (χ3v) is 3.72. The van der Waals surface area contributed by atoms with Crippen molar-refractivity contribution < 1.29 is 4.42 Å². The maximum absolute atomic E-state index is 5.96. The Labute approximate surface area is 120 Å². The second-order valence-electron chi connectivity index (χ2n) is 6.48. The number of hydrogen-bond donors (Lipinski definition) is 0. The van der Waals surface area contributed by atoms with Gasteiger partial charge in [0.15, 0.2) is 0 Å². The van der Waals surface area contributed by atoms with E-state index < -0.39 is 0 Å². The number of fused-ring (bicyclic) bond motifs is 1. The molecule has 1 aromatic heterocycles. The molecule has 0 spiro atoms. The van der Waals surface area contributed by atoms with Crippen molar-refractivity contribution >= 4 is 11.0 Å². The van der Waals surface area contributed by atoms with Crippen molar-refractivity contribution in [1.82, 2.24) is 0 Å². The number of furan rings is 1. The average molecular weight is 264 g/mol. The van der Waals surface area contributed by atoms with E-state index in [-0.39, 0.29) is 5.41 Å². The van der Waals surface area contributed by atoms with Crippen LogP contribution in [0.5, 0.6) is 0 Å². The van der Waals surface area contributed by atoms with Gasteiger partial charge in [-0.3, -0.25) is 0 Å². The van der Waals surface area contributed by atoms with Gasteiger partial charge in [0.25, 0.3) is 0 Å². The molecule has 1 nitrogen and oxygen atoms in total. The molecule has 0 fully saturated rings. The van der Waals surface area contributed by atoms with Gasteiger partial charge in [0, 0.05) is 10.9 Å². The maximum atomic E-state index is 5.96. The zero-order valence-electron chi connectivity index (χ0n) is 12.5. The summed E-state index contributed by atoms with van der Waals surface area (Å²) in [6.45, 7) is 8.79. The third-order valence-electron chi connectivity index (χ3n) is 3.72. The van der Waals surface area contributed by atoms with E-state index in [4.69, 9.17) is 4.42 Å². The highest BCUT2D eigenvalue weighted by Crippen LogP contribution is 2.31. The van der Waals surface area contributed by atoms with Crippen molar-refractivity contribution in [3.63, 3.8) is 0 Å². The van der Waals surface area contributed by atoms with E-state index in [9.17, 15) is 0 Å². The van der Waals surface area contributed by atoms with Crippen LogP contribution in [0.4, 0.5) is 0 Å². The summed E-state index contributed by atoms with van der Waals surface area (Å²) in [6, 6.07) is 17.0. The molecule has 0 amide bonds. The van der Waals surface area contributed by atoms with E-state index >= 15 is 0 Å². The van der Waals surface area contributed by atoms with Crippen LogP contribution in [0, 0.1) is 6.92 Å². The first-order valence-corrected chi connectivity index (χ1v) is 7.04. The van der Waals surface area contributed by atoms with E-state index in [0.29, 0.717) is 0 Å². The zero-order valence-corrected chi connectivity index (χ0v) is 12.5. The first-order chi connectivity index (χ1) is 9.43. The summed E-state index contributed by atoms with van der Waals surface area (Å²) in [6.07, 6.45) is 0. The Morgan fingerprint density at radius 3 is 2.20 bits per heavy atom. The van der Waals surface area contributed by atoms with Crippen molar-refractivity contribution in [2.24, 2.45) is 0 Å². The minimum Gasteiger partial charge on any atom is -0.456 e. The summed E-state index contributed by atoms with van der Waals surface area (Å²) in [5, 5.41) is 1.17. The third kappa shape index (κ3) is 2.36. The van der Waals surface area contributed by atoms with Crippen molar-refractivity contribution in [1.29, 1.82) is 0 Å². The Kier molecular flexibility index (Phi) is 2.93. The fourth-order valence-corrected chi connectivity index (χ4v) is 2.37. The molecule has 20 heavy (non-hydrogen) atoms. The molecule has 1 heterocycles. The van der Waals surface area contributed by atoms with Crippen LogP contribution in [0.25, 0.3) is 22.3 Å². The Bertz CT molecular complexity index is 740. The molecule has 0 aliphatic rings. The highest BCUT2D eigenvalue weighted by molar-refractivity contribution is 5.83. The molecule has 0 saturated heterocycles. The number of benzene rings is 2. The van der Waals surface area contributed by atoms with Gasteiger partial charge >= 0.3 is 0 Å². The molecule has 0 N–H and O–H groups in total. The summed E-state index contributed by atoms with van der Waals surface area (Å²) < 4.78 is 5.96. The number of hydrogen-bond acceptors (Lipinski definition) is 1. The Hall–Kier alpha value is -2.02. The highest BCUT2D eigenvalue weighted by atomic mass is 16.3. The van der Waals surface area contributed by atoms with Crippen LogP contribution in [0.3, 0.4) is 0 Å². The van der Waals surface area contributed by atoms with E-state index in [1.807, 2.05) is 0 Å². The summed E-state index contributed by atoms with van der Waals surface area (Å²) >= 11 is 0. The predicted molar refractivity (Wildman–Crippen MR) is 85.1 cm³/mol. The van der Waals surface area contributed by atoms with Gasteiger partial charge in [-0.05, 0) is 36.1 Å². The van der Waals surface area contributed by atoms with Gasteiger partial charge < -0.3 is 4.42 Å².